The molecule has 4 nitrogen and oxygen atoms in total. The maximum absolute atomic E-state index is 13.2. The number of rotatable bonds is 5. The van der Waals surface area contributed by atoms with Crippen molar-refractivity contribution in [2.45, 2.75) is 32.3 Å². The number of ether oxygens (including phenoxy) is 1. The van der Waals surface area contributed by atoms with Crippen LogP contribution in [0.15, 0.2) is 48.5 Å². The summed E-state index contributed by atoms with van der Waals surface area (Å²) >= 11 is 0. The number of hydrogen-bond acceptors (Lipinski definition) is 3. The van der Waals surface area contributed by atoms with Gasteiger partial charge in [-0.15, -0.1) is 0 Å². The second kappa shape index (κ2) is 7.42. The highest BCUT2D eigenvalue weighted by molar-refractivity contribution is 5.95. The minimum Gasteiger partial charge on any atom is -0.452 e. The summed E-state index contributed by atoms with van der Waals surface area (Å²) in [6, 6.07) is 12.0. The molecule has 0 saturated heterocycles. The lowest BCUT2D eigenvalue weighted by molar-refractivity contribution is -0.158. The van der Waals surface area contributed by atoms with Crippen LogP contribution in [0.3, 0.4) is 0 Å². The zero-order valence-corrected chi connectivity index (χ0v) is 14.2. The van der Waals surface area contributed by atoms with Gasteiger partial charge in [-0.05, 0) is 38.5 Å². The van der Waals surface area contributed by atoms with Gasteiger partial charge in [0.15, 0.2) is 17.7 Å². The first-order valence-electron chi connectivity index (χ1n) is 7.74. The minimum atomic E-state index is -1.09. The van der Waals surface area contributed by atoms with Gasteiger partial charge in [-0.1, -0.05) is 30.3 Å². The van der Waals surface area contributed by atoms with E-state index in [1.54, 1.807) is 26.0 Å². The van der Waals surface area contributed by atoms with Crippen molar-refractivity contribution in [2.75, 3.05) is 5.32 Å². The molecule has 0 fully saturated rings. The number of hydrogen-bond donors (Lipinski definition) is 1. The Kier molecular flexibility index (Phi) is 5.51. The fourth-order valence-electron chi connectivity index (χ4n) is 2.15. The lowest BCUT2D eigenvalue weighted by Gasteiger charge is -2.25. The third-order valence-electron chi connectivity index (χ3n) is 3.85. The molecular formula is C19H19F2NO3. The summed E-state index contributed by atoms with van der Waals surface area (Å²) in [6.45, 7) is 4.81. The summed E-state index contributed by atoms with van der Waals surface area (Å²) in [4.78, 5) is 24.5. The molecule has 25 heavy (non-hydrogen) atoms. The van der Waals surface area contributed by atoms with Gasteiger partial charge in [-0.2, -0.15) is 0 Å². The van der Waals surface area contributed by atoms with Gasteiger partial charge in [0.2, 0.25) is 0 Å². The van der Waals surface area contributed by atoms with Crippen molar-refractivity contribution in [1.29, 1.82) is 0 Å². The van der Waals surface area contributed by atoms with E-state index >= 15 is 0 Å². The van der Waals surface area contributed by atoms with E-state index in [1.807, 2.05) is 18.2 Å². The standard InChI is InChI=1S/C19H19F2NO3/c1-12(17(23)22-14-9-10-15(20)16(21)11-14)25-18(24)19(2,3)13-7-5-4-6-8-13/h4-12H,1-3H3,(H,22,23)/t12-/m1/s1. The Morgan fingerprint density at radius 3 is 2.28 bits per heavy atom. The molecule has 0 radical (unpaired) electrons. The largest absolute Gasteiger partial charge is 0.452 e. The van der Waals surface area contributed by atoms with Crippen LogP contribution in [0.2, 0.25) is 0 Å². The van der Waals surface area contributed by atoms with Crippen LogP contribution >= 0.6 is 0 Å². The highest BCUT2D eigenvalue weighted by Crippen LogP contribution is 2.25. The number of carbonyl (C=O) groups excluding carboxylic acids is 2. The van der Waals surface area contributed by atoms with Crippen LogP contribution in [0.1, 0.15) is 26.3 Å². The molecule has 0 unspecified atom stereocenters. The first kappa shape index (κ1) is 18.6. The predicted molar refractivity (Wildman–Crippen MR) is 90.0 cm³/mol. The van der Waals surface area contributed by atoms with Gasteiger partial charge in [0.25, 0.3) is 5.91 Å². The first-order chi connectivity index (χ1) is 11.7. The van der Waals surface area contributed by atoms with E-state index in [2.05, 4.69) is 5.32 Å². The van der Waals surface area contributed by atoms with Gasteiger partial charge in [-0.25, -0.2) is 8.78 Å². The van der Waals surface area contributed by atoms with Gasteiger partial charge < -0.3 is 10.1 Å². The van der Waals surface area contributed by atoms with E-state index in [4.69, 9.17) is 4.74 Å². The van der Waals surface area contributed by atoms with Crippen molar-refractivity contribution in [1.82, 2.24) is 0 Å². The Labute approximate surface area is 144 Å². The highest BCUT2D eigenvalue weighted by Gasteiger charge is 2.33. The third-order valence-corrected chi connectivity index (χ3v) is 3.85. The Hall–Kier alpha value is -2.76. The number of benzene rings is 2. The molecule has 0 aromatic heterocycles. The quantitative estimate of drug-likeness (QED) is 0.837. The van der Waals surface area contributed by atoms with Gasteiger partial charge in [-0.3, -0.25) is 9.59 Å². The van der Waals surface area contributed by atoms with Crippen molar-refractivity contribution in [2.24, 2.45) is 0 Å². The van der Waals surface area contributed by atoms with Crippen molar-refractivity contribution in [3.05, 3.63) is 65.7 Å². The molecule has 6 heteroatoms. The molecule has 2 aromatic carbocycles. The van der Waals surface area contributed by atoms with Gasteiger partial charge >= 0.3 is 5.97 Å². The van der Waals surface area contributed by atoms with E-state index in [9.17, 15) is 18.4 Å². The third kappa shape index (κ3) is 4.41. The summed E-state index contributed by atoms with van der Waals surface area (Å²) in [5.74, 6) is -3.29. The van der Waals surface area contributed by atoms with Gasteiger partial charge in [0.1, 0.15) is 0 Å². The van der Waals surface area contributed by atoms with Crippen LogP contribution in [0.4, 0.5) is 14.5 Å². The average molecular weight is 347 g/mol. The fourth-order valence-corrected chi connectivity index (χ4v) is 2.15. The molecule has 0 aliphatic heterocycles. The lowest BCUT2D eigenvalue weighted by Crippen LogP contribution is -2.37. The maximum Gasteiger partial charge on any atom is 0.316 e. The van der Waals surface area contributed by atoms with Crippen molar-refractivity contribution < 1.29 is 23.1 Å². The summed E-state index contributed by atoms with van der Waals surface area (Å²) in [5, 5.41) is 2.38. The van der Waals surface area contributed by atoms with Crippen LogP contribution < -0.4 is 5.32 Å². The Balaban J connectivity index is 2.02. The maximum atomic E-state index is 13.2. The second-order valence-electron chi connectivity index (χ2n) is 6.16. The molecule has 0 bridgehead atoms. The number of nitrogens with one attached hydrogen (secondary N) is 1. The zero-order chi connectivity index (χ0) is 18.6. The molecule has 0 saturated carbocycles. The number of anilines is 1. The minimum absolute atomic E-state index is 0.0779. The molecule has 0 heterocycles. The summed E-state index contributed by atoms with van der Waals surface area (Å²) in [5.41, 5.74) is -0.0973. The average Bonchev–Trinajstić information content (AvgIpc) is 2.58. The van der Waals surface area contributed by atoms with Crippen LogP contribution in [0, 0.1) is 11.6 Å². The molecule has 2 rings (SSSR count). The van der Waals surface area contributed by atoms with Gasteiger partial charge in [0.05, 0.1) is 5.41 Å². The molecular weight excluding hydrogens is 328 g/mol. The summed E-state index contributed by atoms with van der Waals surface area (Å²) < 4.78 is 31.3. The molecule has 0 spiro atoms. The van der Waals surface area contributed by atoms with Gasteiger partial charge in [0, 0.05) is 11.8 Å². The van der Waals surface area contributed by atoms with E-state index in [1.165, 1.54) is 13.0 Å². The predicted octanol–water partition coefficient (Wildman–Crippen LogP) is 3.81. The molecule has 1 amide bonds. The van der Waals surface area contributed by atoms with Crippen molar-refractivity contribution in [3.8, 4) is 0 Å². The molecule has 2 aromatic rings. The molecule has 0 aliphatic carbocycles. The lowest BCUT2D eigenvalue weighted by atomic mass is 9.85. The van der Waals surface area contributed by atoms with E-state index in [0.717, 1.165) is 17.7 Å². The Morgan fingerprint density at radius 1 is 1.04 bits per heavy atom. The second-order valence-corrected chi connectivity index (χ2v) is 6.16. The normalized spacial score (nSPS) is 12.4. The van der Waals surface area contributed by atoms with Crippen LogP contribution in [0.5, 0.6) is 0 Å². The van der Waals surface area contributed by atoms with Crippen molar-refractivity contribution in [3.63, 3.8) is 0 Å². The SMILES string of the molecule is C[C@@H](OC(=O)C(C)(C)c1ccccc1)C(=O)Nc1ccc(F)c(F)c1. The van der Waals surface area contributed by atoms with Crippen LogP contribution in [-0.4, -0.2) is 18.0 Å². The summed E-state index contributed by atoms with van der Waals surface area (Å²) in [6.07, 6.45) is -1.09. The molecule has 1 atom stereocenters. The van der Waals surface area contributed by atoms with Crippen LogP contribution in [-0.2, 0) is 19.7 Å². The van der Waals surface area contributed by atoms with Crippen LogP contribution in [0.25, 0.3) is 0 Å². The Morgan fingerprint density at radius 2 is 1.68 bits per heavy atom. The van der Waals surface area contributed by atoms with Crippen molar-refractivity contribution >= 4 is 17.6 Å². The number of amides is 1. The monoisotopic (exact) mass is 347 g/mol. The van der Waals surface area contributed by atoms with E-state index < -0.39 is 35.0 Å². The first-order valence-corrected chi connectivity index (χ1v) is 7.74. The molecule has 0 aliphatic rings. The number of halogens is 2. The highest BCUT2D eigenvalue weighted by atomic mass is 19.2. The smallest absolute Gasteiger partial charge is 0.316 e. The summed E-state index contributed by atoms with van der Waals surface area (Å²) in [7, 11) is 0. The molecule has 1 N–H and O–H groups in total. The number of esters is 1. The Bertz CT molecular complexity index is 775. The van der Waals surface area contributed by atoms with E-state index in [0.29, 0.717) is 0 Å². The fraction of sp³-hybridized carbons (Fsp3) is 0.263. The van der Waals surface area contributed by atoms with E-state index in [-0.39, 0.29) is 5.69 Å². The molecule has 132 valence electrons. The zero-order valence-electron chi connectivity index (χ0n) is 14.2. The topological polar surface area (TPSA) is 55.4 Å². The number of carbonyl (C=O) groups is 2.